The van der Waals surface area contributed by atoms with Gasteiger partial charge < -0.3 is 14.7 Å². The molecule has 0 spiro atoms. The van der Waals surface area contributed by atoms with Crippen LogP contribution in [0.1, 0.15) is 48.2 Å². The van der Waals surface area contributed by atoms with Crippen LogP contribution in [0.4, 0.5) is 5.95 Å². The molecule has 7 nitrogen and oxygen atoms in total. The van der Waals surface area contributed by atoms with Gasteiger partial charge >= 0.3 is 0 Å². The number of nitrogens with zero attached hydrogens (tertiary/aromatic N) is 5. The van der Waals surface area contributed by atoms with Gasteiger partial charge in [-0.3, -0.25) is 9.59 Å². The Morgan fingerprint density at radius 1 is 1.24 bits per heavy atom. The first-order valence-corrected chi connectivity index (χ1v) is 8.78. The lowest BCUT2D eigenvalue weighted by molar-refractivity contribution is -0.135. The summed E-state index contributed by atoms with van der Waals surface area (Å²) in [6.07, 6.45) is 4.41. The Morgan fingerprint density at radius 3 is 2.48 bits per heavy atom. The molecule has 3 rings (SSSR count). The molecule has 1 aliphatic heterocycles. The largest absolute Gasteiger partial charge is 0.347 e. The van der Waals surface area contributed by atoms with Crippen molar-refractivity contribution in [1.29, 1.82) is 0 Å². The van der Waals surface area contributed by atoms with Gasteiger partial charge in [0.1, 0.15) is 0 Å². The van der Waals surface area contributed by atoms with E-state index >= 15 is 0 Å². The third-order valence-electron chi connectivity index (χ3n) is 5.22. The minimum absolute atomic E-state index is 0.0758. The highest BCUT2D eigenvalue weighted by molar-refractivity contribution is 5.95. The third kappa shape index (κ3) is 3.32. The van der Waals surface area contributed by atoms with Gasteiger partial charge in [-0.2, -0.15) is 0 Å². The van der Waals surface area contributed by atoms with Crippen molar-refractivity contribution < 1.29 is 9.59 Å². The average Bonchev–Trinajstić information content (AvgIpc) is 3.15. The summed E-state index contributed by atoms with van der Waals surface area (Å²) in [6.45, 7) is 3.40. The summed E-state index contributed by atoms with van der Waals surface area (Å²) in [6, 6.07) is 0. The molecule has 2 fully saturated rings. The molecular formula is C18H27N5O2. The molecule has 1 aromatic heterocycles. The number of likely N-dealkylation sites (tertiary alicyclic amines) is 1. The Morgan fingerprint density at radius 2 is 1.92 bits per heavy atom. The highest BCUT2D eigenvalue weighted by Gasteiger charge is 2.48. The quantitative estimate of drug-likeness (QED) is 0.824. The van der Waals surface area contributed by atoms with Gasteiger partial charge in [-0.1, -0.05) is 6.92 Å². The molecule has 2 amide bonds. The van der Waals surface area contributed by atoms with Crippen molar-refractivity contribution in [2.45, 2.75) is 32.1 Å². The fraction of sp³-hybridized carbons (Fsp3) is 0.667. The zero-order valence-corrected chi connectivity index (χ0v) is 15.7. The summed E-state index contributed by atoms with van der Waals surface area (Å²) in [5.74, 6) is 0.813. The van der Waals surface area contributed by atoms with E-state index in [1.54, 1.807) is 25.2 Å². The monoisotopic (exact) mass is 345 g/mol. The predicted octanol–water partition coefficient (Wildman–Crippen LogP) is 1.36. The number of anilines is 1. The first-order valence-electron chi connectivity index (χ1n) is 8.78. The summed E-state index contributed by atoms with van der Waals surface area (Å²) in [5.41, 5.74) is 1.14. The Bertz CT molecular complexity index is 697. The fourth-order valence-corrected chi connectivity index (χ4v) is 3.27. The van der Waals surface area contributed by atoms with Crippen LogP contribution in [-0.2, 0) is 4.79 Å². The highest BCUT2D eigenvalue weighted by Crippen LogP contribution is 2.47. The molecule has 1 saturated heterocycles. The summed E-state index contributed by atoms with van der Waals surface area (Å²) < 4.78 is 0. The maximum Gasteiger partial charge on any atom is 0.256 e. The van der Waals surface area contributed by atoms with E-state index in [4.69, 9.17) is 0 Å². The molecule has 25 heavy (non-hydrogen) atoms. The van der Waals surface area contributed by atoms with Crippen molar-refractivity contribution in [2.24, 2.45) is 5.41 Å². The molecule has 1 unspecified atom stereocenters. The normalized spacial score (nSPS) is 21.2. The summed E-state index contributed by atoms with van der Waals surface area (Å²) in [5, 5.41) is 0. The molecule has 136 valence electrons. The molecule has 1 aromatic rings. The topological polar surface area (TPSA) is 69.6 Å². The van der Waals surface area contributed by atoms with Crippen LogP contribution in [0.15, 0.2) is 6.20 Å². The summed E-state index contributed by atoms with van der Waals surface area (Å²) in [7, 11) is 7.21. The number of rotatable bonds is 4. The smallest absolute Gasteiger partial charge is 0.256 e. The molecule has 0 N–H and O–H groups in total. The molecule has 2 aliphatic rings. The number of carbonyl (C=O) groups excluding carboxylic acids is 2. The van der Waals surface area contributed by atoms with Gasteiger partial charge in [-0.15, -0.1) is 0 Å². The van der Waals surface area contributed by atoms with Crippen molar-refractivity contribution >= 4 is 17.8 Å². The predicted molar refractivity (Wildman–Crippen MR) is 95.7 cm³/mol. The Kier molecular flexibility index (Phi) is 4.43. The standard InChI is InChI=1S/C18H27N5O2/c1-18(7-8-18)16(25)23-9-6-12(11-23)14-13(15(24)21(2)3)10-19-17(20-14)22(4)5/h10,12H,6-9,11H2,1-5H3. The molecule has 1 aliphatic carbocycles. The molecule has 1 saturated carbocycles. The van der Waals surface area contributed by atoms with Crippen molar-refractivity contribution in [3.8, 4) is 0 Å². The molecule has 7 heteroatoms. The van der Waals surface area contributed by atoms with Crippen molar-refractivity contribution in [3.05, 3.63) is 17.5 Å². The van der Waals surface area contributed by atoms with Gasteiger partial charge in [0.25, 0.3) is 5.91 Å². The van der Waals surface area contributed by atoms with Crippen LogP contribution in [-0.4, -0.2) is 72.9 Å². The number of carbonyl (C=O) groups is 2. The van der Waals surface area contributed by atoms with E-state index in [-0.39, 0.29) is 23.1 Å². The van der Waals surface area contributed by atoms with E-state index in [2.05, 4.69) is 9.97 Å². The summed E-state index contributed by atoms with van der Waals surface area (Å²) >= 11 is 0. The van der Waals surface area contributed by atoms with E-state index in [0.29, 0.717) is 18.1 Å². The first-order chi connectivity index (χ1) is 11.7. The second-order valence-corrected chi connectivity index (χ2v) is 7.86. The summed E-state index contributed by atoms with van der Waals surface area (Å²) in [4.78, 5) is 39.4. The minimum Gasteiger partial charge on any atom is -0.347 e. The number of amides is 2. The van der Waals surface area contributed by atoms with Crippen LogP contribution in [0.25, 0.3) is 0 Å². The lowest BCUT2D eigenvalue weighted by atomic mass is 9.99. The van der Waals surface area contributed by atoms with E-state index < -0.39 is 0 Å². The molecule has 0 bridgehead atoms. The van der Waals surface area contributed by atoms with Crippen molar-refractivity contribution in [2.75, 3.05) is 46.2 Å². The average molecular weight is 345 g/mol. The van der Waals surface area contributed by atoms with E-state index in [0.717, 1.165) is 31.5 Å². The van der Waals surface area contributed by atoms with E-state index in [1.807, 2.05) is 30.8 Å². The zero-order chi connectivity index (χ0) is 18.4. The maximum atomic E-state index is 12.6. The lowest BCUT2D eigenvalue weighted by Gasteiger charge is -2.22. The van der Waals surface area contributed by atoms with Gasteiger partial charge in [-0.05, 0) is 19.3 Å². The first kappa shape index (κ1) is 17.6. The SMILES string of the molecule is CN(C)C(=O)c1cnc(N(C)C)nc1C1CCN(C(=O)C2(C)CC2)C1. The highest BCUT2D eigenvalue weighted by atomic mass is 16.2. The fourth-order valence-electron chi connectivity index (χ4n) is 3.27. The van der Waals surface area contributed by atoms with E-state index in [9.17, 15) is 9.59 Å². The second-order valence-electron chi connectivity index (χ2n) is 7.86. The zero-order valence-electron chi connectivity index (χ0n) is 15.7. The van der Waals surface area contributed by atoms with Gasteiger partial charge in [0.05, 0.1) is 11.3 Å². The van der Waals surface area contributed by atoms with Crippen LogP contribution in [0.2, 0.25) is 0 Å². The molecule has 0 aromatic carbocycles. The Balaban J connectivity index is 1.88. The van der Waals surface area contributed by atoms with Gasteiger partial charge in [0.15, 0.2) is 0 Å². The van der Waals surface area contributed by atoms with Crippen LogP contribution >= 0.6 is 0 Å². The number of aromatic nitrogens is 2. The molecular weight excluding hydrogens is 318 g/mol. The van der Waals surface area contributed by atoms with Gasteiger partial charge in [0, 0.05) is 58.8 Å². The van der Waals surface area contributed by atoms with Gasteiger partial charge in [0.2, 0.25) is 11.9 Å². The number of hydrogen-bond acceptors (Lipinski definition) is 5. The molecule has 1 atom stereocenters. The Labute approximate surface area is 149 Å². The molecule has 0 radical (unpaired) electrons. The minimum atomic E-state index is -0.155. The van der Waals surface area contributed by atoms with E-state index in [1.165, 1.54) is 0 Å². The van der Waals surface area contributed by atoms with Crippen LogP contribution in [0.3, 0.4) is 0 Å². The van der Waals surface area contributed by atoms with Crippen LogP contribution in [0, 0.1) is 5.41 Å². The van der Waals surface area contributed by atoms with Crippen molar-refractivity contribution in [3.63, 3.8) is 0 Å². The molecule has 2 heterocycles. The van der Waals surface area contributed by atoms with Crippen molar-refractivity contribution in [1.82, 2.24) is 19.8 Å². The maximum absolute atomic E-state index is 12.6. The third-order valence-corrected chi connectivity index (χ3v) is 5.22. The lowest BCUT2D eigenvalue weighted by Crippen LogP contribution is -2.34. The van der Waals surface area contributed by atoms with Crippen LogP contribution < -0.4 is 4.90 Å². The Hall–Kier alpha value is -2.18. The van der Waals surface area contributed by atoms with Crippen LogP contribution in [0.5, 0.6) is 0 Å². The van der Waals surface area contributed by atoms with Gasteiger partial charge in [-0.25, -0.2) is 9.97 Å². The second kappa shape index (κ2) is 6.28. The number of hydrogen-bond donors (Lipinski definition) is 0.